The molecule has 0 spiro atoms. The SMILES string of the molecule is Cc1cc(C)cc(CC2CCC(=O)N2)c1. The smallest absolute Gasteiger partial charge is 0.220 e. The van der Waals surface area contributed by atoms with Crippen LogP contribution in [0.3, 0.4) is 0 Å². The lowest BCUT2D eigenvalue weighted by molar-refractivity contribution is -0.119. The second-order valence-electron chi connectivity index (χ2n) is 4.50. The van der Waals surface area contributed by atoms with Crippen molar-refractivity contribution in [1.82, 2.24) is 5.32 Å². The second-order valence-corrected chi connectivity index (χ2v) is 4.50. The second kappa shape index (κ2) is 4.05. The van der Waals surface area contributed by atoms with Crippen LogP contribution in [0.1, 0.15) is 29.5 Å². The van der Waals surface area contributed by atoms with Crippen LogP contribution in [0.15, 0.2) is 18.2 Å². The van der Waals surface area contributed by atoms with Gasteiger partial charge in [-0.05, 0) is 32.3 Å². The third kappa shape index (κ3) is 2.58. The van der Waals surface area contributed by atoms with Crippen molar-refractivity contribution in [2.45, 2.75) is 39.2 Å². The van der Waals surface area contributed by atoms with E-state index in [0.717, 1.165) is 12.8 Å². The minimum Gasteiger partial charge on any atom is -0.353 e. The zero-order valence-electron chi connectivity index (χ0n) is 9.34. The molecule has 1 aliphatic rings. The summed E-state index contributed by atoms with van der Waals surface area (Å²) < 4.78 is 0. The van der Waals surface area contributed by atoms with Gasteiger partial charge in [-0.2, -0.15) is 0 Å². The van der Waals surface area contributed by atoms with E-state index in [1.807, 2.05) is 0 Å². The van der Waals surface area contributed by atoms with Crippen molar-refractivity contribution in [2.75, 3.05) is 0 Å². The molecule has 80 valence electrons. The Bertz CT molecular complexity index is 364. The third-order valence-corrected chi connectivity index (χ3v) is 2.85. The van der Waals surface area contributed by atoms with Gasteiger partial charge in [0.15, 0.2) is 0 Å². The predicted molar refractivity (Wildman–Crippen MR) is 60.8 cm³/mol. The Morgan fingerprint density at radius 2 is 1.93 bits per heavy atom. The molecule has 1 atom stereocenters. The highest BCUT2D eigenvalue weighted by Gasteiger charge is 2.20. The zero-order chi connectivity index (χ0) is 10.8. The van der Waals surface area contributed by atoms with Crippen LogP contribution in [-0.4, -0.2) is 11.9 Å². The number of rotatable bonds is 2. The van der Waals surface area contributed by atoms with Gasteiger partial charge in [-0.3, -0.25) is 4.79 Å². The largest absolute Gasteiger partial charge is 0.353 e. The standard InChI is InChI=1S/C13H17NO/c1-9-5-10(2)7-11(6-9)8-12-3-4-13(15)14-12/h5-7,12H,3-4,8H2,1-2H3,(H,14,15). The molecule has 2 rings (SSSR count). The van der Waals surface area contributed by atoms with Crippen LogP contribution in [0, 0.1) is 13.8 Å². The molecule has 1 N–H and O–H groups in total. The van der Waals surface area contributed by atoms with E-state index in [1.165, 1.54) is 16.7 Å². The van der Waals surface area contributed by atoms with E-state index < -0.39 is 0 Å². The van der Waals surface area contributed by atoms with Gasteiger partial charge in [-0.15, -0.1) is 0 Å². The summed E-state index contributed by atoms with van der Waals surface area (Å²) in [4.78, 5) is 11.1. The van der Waals surface area contributed by atoms with Gasteiger partial charge in [0.25, 0.3) is 0 Å². The van der Waals surface area contributed by atoms with Gasteiger partial charge in [-0.1, -0.05) is 29.3 Å². The lowest BCUT2D eigenvalue weighted by Crippen LogP contribution is -2.27. The topological polar surface area (TPSA) is 29.1 Å². The third-order valence-electron chi connectivity index (χ3n) is 2.85. The van der Waals surface area contributed by atoms with E-state index in [1.54, 1.807) is 0 Å². The average molecular weight is 203 g/mol. The molecule has 0 bridgehead atoms. The summed E-state index contributed by atoms with van der Waals surface area (Å²) >= 11 is 0. The van der Waals surface area contributed by atoms with Gasteiger partial charge >= 0.3 is 0 Å². The van der Waals surface area contributed by atoms with Gasteiger partial charge < -0.3 is 5.32 Å². The number of aryl methyl sites for hydroxylation is 2. The monoisotopic (exact) mass is 203 g/mol. The van der Waals surface area contributed by atoms with E-state index in [9.17, 15) is 4.79 Å². The van der Waals surface area contributed by atoms with E-state index in [0.29, 0.717) is 12.5 Å². The Kier molecular flexibility index (Phi) is 2.76. The Morgan fingerprint density at radius 1 is 1.27 bits per heavy atom. The molecule has 1 aromatic carbocycles. The fraction of sp³-hybridized carbons (Fsp3) is 0.462. The van der Waals surface area contributed by atoms with Crippen LogP contribution in [0.4, 0.5) is 0 Å². The maximum absolute atomic E-state index is 11.1. The lowest BCUT2D eigenvalue weighted by atomic mass is 10.0. The van der Waals surface area contributed by atoms with Crippen molar-refractivity contribution in [1.29, 1.82) is 0 Å². The number of carbonyl (C=O) groups is 1. The molecule has 1 aromatic rings. The van der Waals surface area contributed by atoms with Crippen molar-refractivity contribution in [2.24, 2.45) is 0 Å². The van der Waals surface area contributed by atoms with E-state index in [2.05, 4.69) is 37.4 Å². The fourth-order valence-corrected chi connectivity index (χ4v) is 2.30. The van der Waals surface area contributed by atoms with Crippen molar-refractivity contribution < 1.29 is 4.79 Å². The highest BCUT2D eigenvalue weighted by Crippen LogP contribution is 2.15. The Balaban J connectivity index is 2.07. The van der Waals surface area contributed by atoms with Crippen LogP contribution in [0.25, 0.3) is 0 Å². The van der Waals surface area contributed by atoms with Gasteiger partial charge in [0.2, 0.25) is 5.91 Å². The first-order valence-corrected chi connectivity index (χ1v) is 5.50. The first-order valence-electron chi connectivity index (χ1n) is 5.50. The lowest BCUT2D eigenvalue weighted by Gasteiger charge is -2.11. The van der Waals surface area contributed by atoms with Crippen LogP contribution in [0.5, 0.6) is 0 Å². The summed E-state index contributed by atoms with van der Waals surface area (Å²) in [6.07, 6.45) is 2.63. The molecule has 2 nitrogen and oxygen atoms in total. The quantitative estimate of drug-likeness (QED) is 0.783. The number of hydrogen-bond acceptors (Lipinski definition) is 1. The molecule has 1 saturated heterocycles. The first kappa shape index (κ1) is 10.2. The highest BCUT2D eigenvalue weighted by molar-refractivity contribution is 5.78. The van der Waals surface area contributed by atoms with Crippen molar-refractivity contribution in [3.05, 3.63) is 34.9 Å². The molecule has 1 heterocycles. The summed E-state index contributed by atoms with van der Waals surface area (Å²) in [5, 5.41) is 3.00. The molecule has 15 heavy (non-hydrogen) atoms. The summed E-state index contributed by atoms with van der Waals surface area (Å²) in [5.41, 5.74) is 3.93. The normalized spacial score (nSPS) is 20.4. The maximum Gasteiger partial charge on any atom is 0.220 e. The van der Waals surface area contributed by atoms with Crippen LogP contribution in [-0.2, 0) is 11.2 Å². The molecular weight excluding hydrogens is 186 g/mol. The molecule has 1 fully saturated rings. The van der Waals surface area contributed by atoms with Crippen LogP contribution >= 0.6 is 0 Å². The van der Waals surface area contributed by atoms with Gasteiger partial charge in [0.05, 0.1) is 0 Å². The molecule has 1 unspecified atom stereocenters. The predicted octanol–water partition coefficient (Wildman–Crippen LogP) is 2.12. The van der Waals surface area contributed by atoms with Gasteiger partial charge in [-0.25, -0.2) is 0 Å². The van der Waals surface area contributed by atoms with Crippen molar-refractivity contribution in [3.63, 3.8) is 0 Å². The van der Waals surface area contributed by atoms with Crippen molar-refractivity contribution >= 4 is 5.91 Å². The Labute approximate surface area is 90.7 Å². The van der Waals surface area contributed by atoms with Crippen molar-refractivity contribution in [3.8, 4) is 0 Å². The number of nitrogens with one attached hydrogen (secondary N) is 1. The minimum absolute atomic E-state index is 0.198. The summed E-state index contributed by atoms with van der Waals surface area (Å²) in [5.74, 6) is 0.198. The molecule has 1 aliphatic heterocycles. The van der Waals surface area contributed by atoms with Crippen LogP contribution < -0.4 is 5.32 Å². The number of carbonyl (C=O) groups excluding carboxylic acids is 1. The van der Waals surface area contributed by atoms with Gasteiger partial charge in [0.1, 0.15) is 0 Å². The fourth-order valence-electron chi connectivity index (χ4n) is 2.30. The summed E-state index contributed by atoms with van der Waals surface area (Å²) in [7, 11) is 0. The molecule has 1 amide bonds. The Morgan fingerprint density at radius 3 is 2.47 bits per heavy atom. The van der Waals surface area contributed by atoms with E-state index in [4.69, 9.17) is 0 Å². The minimum atomic E-state index is 0.198. The summed E-state index contributed by atoms with van der Waals surface area (Å²) in [6.45, 7) is 4.23. The average Bonchev–Trinajstić information content (AvgIpc) is 2.49. The van der Waals surface area contributed by atoms with E-state index in [-0.39, 0.29) is 5.91 Å². The van der Waals surface area contributed by atoms with Gasteiger partial charge in [0, 0.05) is 12.5 Å². The zero-order valence-corrected chi connectivity index (χ0v) is 9.34. The highest BCUT2D eigenvalue weighted by atomic mass is 16.1. The number of amides is 1. The molecule has 0 aromatic heterocycles. The molecule has 0 aliphatic carbocycles. The number of hydrogen-bond donors (Lipinski definition) is 1. The van der Waals surface area contributed by atoms with E-state index >= 15 is 0 Å². The molecule has 0 radical (unpaired) electrons. The molecule has 2 heteroatoms. The van der Waals surface area contributed by atoms with Crippen LogP contribution in [0.2, 0.25) is 0 Å². The molecular formula is C13H17NO. The molecule has 0 saturated carbocycles. The first-order chi connectivity index (χ1) is 7.13. The summed E-state index contributed by atoms with van der Waals surface area (Å²) in [6, 6.07) is 6.93. The Hall–Kier alpha value is -1.31. The number of benzene rings is 1. The maximum atomic E-state index is 11.1.